The summed E-state index contributed by atoms with van der Waals surface area (Å²) < 4.78 is 13.7. The summed E-state index contributed by atoms with van der Waals surface area (Å²) in [5.41, 5.74) is 6.20. The van der Waals surface area contributed by atoms with E-state index in [1.54, 1.807) is 23.1 Å². The SMILES string of the molecule is CCN(CC)C(=O)CC(CN)c1ccccc1F. The molecular formula is C14H21FN2O. The minimum absolute atomic E-state index is 0.0266. The molecule has 0 aliphatic heterocycles. The summed E-state index contributed by atoms with van der Waals surface area (Å²) in [5, 5.41) is 0. The topological polar surface area (TPSA) is 46.3 Å². The van der Waals surface area contributed by atoms with Gasteiger partial charge in [-0.3, -0.25) is 4.79 Å². The van der Waals surface area contributed by atoms with Gasteiger partial charge in [0.1, 0.15) is 5.82 Å². The van der Waals surface area contributed by atoms with Crippen LogP contribution in [-0.2, 0) is 4.79 Å². The highest BCUT2D eigenvalue weighted by molar-refractivity contribution is 5.77. The molecule has 0 saturated heterocycles. The van der Waals surface area contributed by atoms with Crippen molar-refractivity contribution in [1.82, 2.24) is 4.90 Å². The van der Waals surface area contributed by atoms with E-state index in [0.29, 0.717) is 18.7 Å². The lowest BCUT2D eigenvalue weighted by Crippen LogP contribution is -2.32. The molecule has 1 atom stereocenters. The molecule has 1 rings (SSSR count). The van der Waals surface area contributed by atoms with Gasteiger partial charge in [-0.1, -0.05) is 18.2 Å². The first kappa shape index (κ1) is 14.6. The highest BCUT2D eigenvalue weighted by Gasteiger charge is 2.20. The van der Waals surface area contributed by atoms with Crippen molar-refractivity contribution < 1.29 is 9.18 Å². The molecule has 2 N–H and O–H groups in total. The molecule has 1 aromatic carbocycles. The number of nitrogens with zero attached hydrogens (tertiary/aromatic N) is 1. The van der Waals surface area contributed by atoms with Crippen LogP contribution in [-0.4, -0.2) is 30.4 Å². The first-order valence-electron chi connectivity index (χ1n) is 6.36. The van der Waals surface area contributed by atoms with E-state index in [-0.39, 0.29) is 30.6 Å². The molecule has 0 aliphatic carbocycles. The van der Waals surface area contributed by atoms with Gasteiger partial charge in [-0.05, 0) is 32.0 Å². The zero-order valence-electron chi connectivity index (χ0n) is 11.0. The van der Waals surface area contributed by atoms with Crippen molar-refractivity contribution in [2.75, 3.05) is 19.6 Å². The smallest absolute Gasteiger partial charge is 0.223 e. The number of carbonyl (C=O) groups is 1. The Bertz CT molecular complexity index is 391. The molecule has 0 aliphatic rings. The van der Waals surface area contributed by atoms with Crippen molar-refractivity contribution in [3.8, 4) is 0 Å². The molecule has 18 heavy (non-hydrogen) atoms. The van der Waals surface area contributed by atoms with Crippen LogP contribution >= 0.6 is 0 Å². The summed E-state index contributed by atoms with van der Waals surface area (Å²) in [6.45, 7) is 5.48. The molecule has 3 nitrogen and oxygen atoms in total. The highest BCUT2D eigenvalue weighted by Crippen LogP contribution is 2.22. The lowest BCUT2D eigenvalue weighted by atomic mass is 9.94. The van der Waals surface area contributed by atoms with Crippen molar-refractivity contribution in [1.29, 1.82) is 0 Å². The predicted molar refractivity (Wildman–Crippen MR) is 70.7 cm³/mol. The first-order valence-corrected chi connectivity index (χ1v) is 6.36. The van der Waals surface area contributed by atoms with Crippen molar-refractivity contribution in [3.63, 3.8) is 0 Å². The second-order valence-corrected chi connectivity index (χ2v) is 4.22. The zero-order valence-corrected chi connectivity index (χ0v) is 11.0. The molecule has 0 heterocycles. The number of rotatable bonds is 6. The van der Waals surface area contributed by atoms with Crippen LogP contribution in [0, 0.1) is 5.82 Å². The largest absolute Gasteiger partial charge is 0.343 e. The van der Waals surface area contributed by atoms with Crippen LogP contribution in [0.3, 0.4) is 0 Å². The highest BCUT2D eigenvalue weighted by atomic mass is 19.1. The Labute approximate surface area is 108 Å². The minimum Gasteiger partial charge on any atom is -0.343 e. The molecule has 0 bridgehead atoms. The third-order valence-corrected chi connectivity index (χ3v) is 3.17. The molecule has 0 radical (unpaired) electrons. The summed E-state index contributed by atoms with van der Waals surface area (Å²) in [4.78, 5) is 13.7. The fourth-order valence-electron chi connectivity index (χ4n) is 2.04. The van der Waals surface area contributed by atoms with E-state index >= 15 is 0 Å². The summed E-state index contributed by atoms with van der Waals surface area (Å²) in [7, 11) is 0. The average Bonchev–Trinajstić information content (AvgIpc) is 2.38. The van der Waals surface area contributed by atoms with Crippen LogP contribution in [0.15, 0.2) is 24.3 Å². The summed E-state index contributed by atoms with van der Waals surface area (Å²) in [6.07, 6.45) is 0.263. The molecule has 0 aromatic heterocycles. The molecule has 1 amide bonds. The summed E-state index contributed by atoms with van der Waals surface area (Å²) in [6, 6.07) is 6.50. The molecule has 4 heteroatoms. The molecular weight excluding hydrogens is 231 g/mol. The van der Waals surface area contributed by atoms with Gasteiger partial charge in [-0.25, -0.2) is 4.39 Å². The van der Waals surface area contributed by atoms with Crippen LogP contribution < -0.4 is 5.73 Å². The standard InChI is InChI=1S/C14H21FN2O/c1-3-17(4-2)14(18)9-11(10-16)12-7-5-6-8-13(12)15/h5-8,11H,3-4,9-10,16H2,1-2H3. The van der Waals surface area contributed by atoms with Gasteiger partial charge in [0.2, 0.25) is 5.91 Å². The van der Waals surface area contributed by atoms with Crippen LogP contribution in [0.4, 0.5) is 4.39 Å². The maximum atomic E-state index is 13.7. The van der Waals surface area contributed by atoms with Crippen LogP contribution in [0.5, 0.6) is 0 Å². The zero-order chi connectivity index (χ0) is 13.5. The second kappa shape index (κ2) is 7.11. The van der Waals surface area contributed by atoms with E-state index in [4.69, 9.17) is 5.73 Å². The van der Waals surface area contributed by atoms with Gasteiger partial charge in [0.25, 0.3) is 0 Å². The Morgan fingerprint density at radius 2 is 1.94 bits per heavy atom. The van der Waals surface area contributed by atoms with Crippen molar-refractivity contribution in [3.05, 3.63) is 35.6 Å². The van der Waals surface area contributed by atoms with Crippen LogP contribution in [0.1, 0.15) is 31.7 Å². The van der Waals surface area contributed by atoms with Gasteiger partial charge in [0, 0.05) is 25.4 Å². The Balaban J connectivity index is 2.80. The van der Waals surface area contributed by atoms with Gasteiger partial charge < -0.3 is 10.6 Å². The van der Waals surface area contributed by atoms with E-state index < -0.39 is 0 Å². The Morgan fingerprint density at radius 1 is 1.33 bits per heavy atom. The number of hydrogen-bond donors (Lipinski definition) is 1. The monoisotopic (exact) mass is 252 g/mol. The molecule has 1 aromatic rings. The van der Waals surface area contributed by atoms with E-state index in [2.05, 4.69) is 0 Å². The fourth-order valence-corrected chi connectivity index (χ4v) is 2.04. The maximum Gasteiger partial charge on any atom is 0.223 e. The second-order valence-electron chi connectivity index (χ2n) is 4.22. The van der Waals surface area contributed by atoms with Gasteiger partial charge >= 0.3 is 0 Å². The van der Waals surface area contributed by atoms with Gasteiger partial charge in [0.15, 0.2) is 0 Å². The van der Waals surface area contributed by atoms with Crippen molar-refractivity contribution in [2.45, 2.75) is 26.2 Å². The third kappa shape index (κ3) is 3.53. The van der Waals surface area contributed by atoms with E-state index in [9.17, 15) is 9.18 Å². The Hall–Kier alpha value is -1.42. The number of halogens is 1. The quantitative estimate of drug-likeness (QED) is 0.843. The average molecular weight is 252 g/mol. The number of carbonyl (C=O) groups excluding carboxylic acids is 1. The number of hydrogen-bond acceptors (Lipinski definition) is 2. The minimum atomic E-state index is -0.291. The van der Waals surface area contributed by atoms with E-state index in [0.717, 1.165) is 0 Å². The normalized spacial score (nSPS) is 12.2. The maximum absolute atomic E-state index is 13.7. The number of nitrogens with two attached hydrogens (primary N) is 1. The van der Waals surface area contributed by atoms with Crippen LogP contribution in [0.2, 0.25) is 0 Å². The van der Waals surface area contributed by atoms with Gasteiger partial charge in [-0.15, -0.1) is 0 Å². The van der Waals surface area contributed by atoms with Crippen molar-refractivity contribution in [2.24, 2.45) is 5.73 Å². The Kier molecular flexibility index (Phi) is 5.78. The molecule has 1 unspecified atom stereocenters. The van der Waals surface area contributed by atoms with Gasteiger partial charge in [-0.2, -0.15) is 0 Å². The third-order valence-electron chi connectivity index (χ3n) is 3.17. The lowest BCUT2D eigenvalue weighted by molar-refractivity contribution is -0.131. The summed E-state index contributed by atoms with van der Waals surface area (Å²) >= 11 is 0. The molecule has 100 valence electrons. The first-order chi connectivity index (χ1) is 8.63. The lowest BCUT2D eigenvalue weighted by Gasteiger charge is -2.22. The van der Waals surface area contributed by atoms with Crippen molar-refractivity contribution >= 4 is 5.91 Å². The molecule has 0 saturated carbocycles. The fraction of sp³-hybridized carbons (Fsp3) is 0.500. The Morgan fingerprint density at radius 3 is 2.44 bits per heavy atom. The molecule has 0 fully saturated rings. The predicted octanol–water partition coefficient (Wildman–Crippen LogP) is 2.13. The number of benzene rings is 1. The van der Waals surface area contributed by atoms with E-state index in [1.165, 1.54) is 6.07 Å². The summed E-state index contributed by atoms with van der Waals surface area (Å²) in [5.74, 6) is -0.515. The van der Waals surface area contributed by atoms with Crippen LogP contribution in [0.25, 0.3) is 0 Å². The van der Waals surface area contributed by atoms with Gasteiger partial charge in [0.05, 0.1) is 0 Å². The number of amides is 1. The van der Waals surface area contributed by atoms with E-state index in [1.807, 2.05) is 13.8 Å². The molecule has 0 spiro atoms.